The molecule has 5 nitrogen and oxygen atoms in total. The van der Waals surface area contributed by atoms with E-state index in [-0.39, 0.29) is 12.2 Å². The summed E-state index contributed by atoms with van der Waals surface area (Å²) in [4.78, 5) is 16.5. The number of ether oxygens (including phenoxy) is 1. The summed E-state index contributed by atoms with van der Waals surface area (Å²) in [5.74, 6) is 1.63. The van der Waals surface area contributed by atoms with E-state index < -0.39 is 6.61 Å². The average Bonchev–Trinajstić information content (AvgIpc) is 3.26. The van der Waals surface area contributed by atoms with Gasteiger partial charge in [0.15, 0.2) is 0 Å². The molecule has 2 atom stereocenters. The molecule has 0 bridgehead atoms. The molecule has 200 valence electrons. The second kappa shape index (κ2) is 18.5. The van der Waals surface area contributed by atoms with Crippen LogP contribution >= 0.6 is 22.9 Å². The van der Waals surface area contributed by atoms with Gasteiger partial charge in [-0.3, -0.25) is 9.69 Å². The summed E-state index contributed by atoms with van der Waals surface area (Å²) in [6.45, 7) is 14.0. The summed E-state index contributed by atoms with van der Waals surface area (Å²) in [6, 6.07) is 4.95. The molecule has 0 aliphatic carbocycles. The molecule has 0 saturated carbocycles. The van der Waals surface area contributed by atoms with Crippen molar-refractivity contribution in [3.05, 3.63) is 34.3 Å². The average molecular weight is 535 g/mol. The molecule has 3 rings (SSSR count). The number of rotatable bonds is 6. The quantitative estimate of drug-likeness (QED) is 0.376. The molecule has 1 aromatic carbocycles. The van der Waals surface area contributed by atoms with Gasteiger partial charge in [-0.05, 0) is 55.8 Å². The van der Waals surface area contributed by atoms with Crippen LogP contribution in [-0.2, 0) is 4.79 Å². The zero-order valence-electron chi connectivity index (χ0n) is 21.9. The Kier molecular flexibility index (Phi) is 17.6. The lowest BCUT2D eigenvalue weighted by Gasteiger charge is -2.36. The molecule has 2 unspecified atom stereocenters. The van der Waals surface area contributed by atoms with Crippen LogP contribution < -0.4 is 4.74 Å². The maximum absolute atomic E-state index is 12.7. The Labute approximate surface area is 218 Å². The van der Waals surface area contributed by atoms with Gasteiger partial charge in [0.1, 0.15) is 10.8 Å². The van der Waals surface area contributed by atoms with Crippen LogP contribution in [0.1, 0.15) is 78.6 Å². The summed E-state index contributed by atoms with van der Waals surface area (Å²) < 4.78 is 30.1. The number of thiazole rings is 1. The van der Waals surface area contributed by atoms with Crippen molar-refractivity contribution in [1.82, 2.24) is 9.88 Å². The smallest absolute Gasteiger partial charge is 0.387 e. The molecule has 1 saturated heterocycles. The van der Waals surface area contributed by atoms with Crippen molar-refractivity contribution in [2.24, 2.45) is 11.8 Å². The minimum absolute atomic E-state index is 0.102. The van der Waals surface area contributed by atoms with E-state index in [1.165, 1.54) is 30.2 Å². The maximum Gasteiger partial charge on any atom is 0.387 e. The van der Waals surface area contributed by atoms with Crippen molar-refractivity contribution in [2.75, 3.05) is 13.1 Å². The number of halogens is 3. The number of benzene rings is 1. The van der Waals surface area contributed by atoms with Crippen LogP contribution in [0.3, 0.4) is 0 Å². The second-order valence-electron chi connectivity index (χ2n) is 8.59. The third-order valence-electron chi connectivity index (χ3n) is 4.76. The first-order valence-corrected chi connectivity index (χ1v) is 13.3. The van der Waals surface area contributed by atoms with E-state index in [4.69, 9.17) is 21.5 Å². The topological polar surface area (TPSA) is 62.7 Å². The summed E-state index contributed by atoms with van der Waals surface area (Å²) in [7, 11) is 0. The number of likely N-dealkylation sites (tertiary alicyclic amines) is 1. The molecule has 0 spiro atoms. The van der Waals surface area contributed by atoms with Crippen LogP contribution in [-0.4, -0.2) is 41.2 Å². The van der Waals surface area contributed by atoms with Crippen LogP contribution in [0.25, 0.3) is 10.6 Å². The van der Waals surface area contributed by atoms with Gasteiger partial charge in [-0.25, -0.2) is 4.98 Å². The molecule has 1 aromatic heterocycles. The Morgan fingerprint density at radius 2 is 1.91 bits per heavy atom. The molecule has 0 amide bonds. The van der Waals surface area contributed by atoms with Crippen LogP contribution in [0, 0.1) is 11.8 Å². The predicted octanol–water partition coefficient (Wildman–Crippen LogP) is 8.64. The highest BCUT2D eigenvalue weighted by Gasteiger charge is 2.26. The number of aromatic nitrogens is 1. The number of piperidine rings is 1. The van der Waals surface area contributed by atoms with E-state index in [0.29, 0.717) is 27.6 Å². The summed E-state index contributed by atoms with van der Waals surface area (Å²) in [5.41, 5.74) is 0.510. The molecule has 1 aliphatic rings. The fourth-order valence-corrected chi connectivity index (χ4v) is 4.91. The van der Waals surface area contributed by atoms with Gasteiger partial charge in [-0.1, -0.05) is 60.1 Å². The lowest BCUT2D eigenvalue weighted by Crippen LogP contribution is -2.36. The number of hydrogen-bond acceptors (Lipinski definition) is 5. The zero-order chi connectivity index (χ0) is 27.0. The Hall–Kier alpha value is -1.77. The van der Waals surface area contributed by atoms with Crippen LogP contribution in [0.2, 0.25) is 5.02 Å². The lowest BCUT2D eigenvalue weighted by atomic mass is 9.98. The highest BCUT2D eigenvalue weighted by molar-refractivity contribution is 7.15. The third kappa shape index (κ3) is 12.7. The van der Waals surface area contributed by atoms with Crippen molar-refractivity contribution in [3.63, 3.8) is 0 Å². The zero-order valence-corrected chi connectivity index (χ0v) is 23.5. The molecule has 9 heteroatoms. The summed E-state index contributed by atoms with van der Waals surface area (Å²) >= 11 is 7.59. The van der Waals surface area contributed by atoms with Gasteiger partial charge in [0.2, 0.25) is 0 Å². The molecule has 2 aromatic rings. The van der Waals surface area contributed by atoms with Crippen molar-refractivity contribution < 1.29 is 23.4 Å². The highest BCUT2D eigenvalue weighted by atomic mass is 35.5. The Balaban J connectivity index is 0.00000112. The van der Waals surface area contributed by atoms with E-state index in [2.05, 4.69) is 49.2 Å². The number of carboxylic acid groups (broad SMARTS) is 1. The largest absolute Gasteiger partial charge is 0.483 e. The van der Waals surface area contributed by atoms with Gasteiger partial charge in [0.25, 0.3) is 6.47 Å². The monoisotopic (exact) mass is 534 g/mol. The molecular weight excluding hydrogens is 494 g/mol. The summed E-state index contributed by atoms with van der Waals surface area (Å²) in [5, 5.41) is 8.01. The van der Waals surface area contributed by atoms with Crippen LogP contribution in [0.4, 0.5) is 8.78 Å². The summed E-state index contributed by atoms with van der Waals surface area (Å²) in [6.07, 6.45) is 5.34. The van der Waals surface area contributed by atoms with Crippen molar-refractivity contribution in [3.8, 4) is 16.3 Å². The SMILES string of the molecule is CC.CC(C)C.CCC(c1cnc(-c2cc(Cl)ccc2OC(F)F)s1)N1CCCC(C)C1.O=CO. The van der Waals surface area contributed by atoms with Gasteiger partial charge in [0.05, 0.1) is 5.56 Å². The lowest BCUT2D eigenvalue weighted by molar-refractivity contribution is -0.122. The Morgan fingerprint density at radius 3 is 2.43 bits per heavy atom. The normalized spacial score (nSPS) is 16.2. The van der Waals surface area contributed by atoms with Crippen LogP contribution in [0.5, 0.6) is 5.75 Å². The van der Waals surface area contributed by atoms with E-state index >= 15 is 0 Å². The number of carbonyl (C=O) groups is 1. The van der Waals surface area contributed by atoms with Gasteiger partial charge in [-0.15, -0.1) is 11.3 Å². The predicted molar refractivity (Wildman–Crippen MR) is 143 cm³/mol. The first-order chi connectivity index (χ1) is 16.6. The molecular formula is C26H41ClF2N2O3S. The van der Waals surface area contributed by atoms with E-state index in [9.17, 15) is 8.78 Å². The van der Waals surface area contributed by atoms with Crippen molar-refractivity contribution in [1.29, 1.82) is 0 Å². The van der Waals surface area contributed by atoms with Gasteiger partial charge in [-0.2, -0.15) is 8.78 Å². The first kappa shape index (κ1) is 33.2. The first-order valence-electron chi connectivity index (χ1n) is 12.1. The Morgan fingerprint density at radius 1 is 1.31 bits per heavy atom. The highest BCUT2D eigenvalue weighted by Crippen LogP contribution is 2.39. The van der Waals surface area contributed by atoms with Crippen LogP contribution in [0.15, 0.2) is 24.4 Å². The standard InChI is InChI=1S/C19H23ClF2N2OS.C4H10.C2H6.CH2O2/c1-3-15(24-8-4-5-12(2)11-24)17-10-23-18(26-17)14-9-13(20)6-7-16(14)25-19(21)22;1-4(2)3;1-2;2-1-3/h6-7,9-10,12,15,19H,3-5,8,11H2,1-2H3;4H,1-3H3;1-2H3;1H,(H,2,3). The van der Waals surface area contributed by atoms with Gasteiger partial charge >= 0.3 is 6.61 Å². The molecule has 2 heterocycles. The van der Waals surface area contributed by atoms with Gasteiger partial charge in [0, 0.05) is 28.7 Å². The van der Waals surface area contributed by atoms with E-state index in [0.717, 1.165) is 30.3 Å². The van der Waals surface area contributed by atoms with E-state index in [1.54, 1.807) is 12.1 Å². The minimum atomic E-state index is -2.88. The molecule has 1 N–H and O–H groups in total. The number of hydrogen-bond donors (Lipinski definition) is 1. The second-order valence-corrected chi connectivity index (χ2v) is 10.1. The Bertz CT molecular complexity index is 834. The molecule has 35 heavy (non-hydrogen) atoms. The fraction of sp³-hybridized carbons (Fsp3) is 0.615. The van der Waals surface area contributed by atoms with Crippen molar-refractivity contribution >= 4 is 29.4 Å². The molecule has 1 aliphatic heterocycles. The number of alkyl halides is 2. The maximum atomic E-state index is 12.7. The van der Waals surface area contributed by atoms with Gasteiger partial charge < -0.3 is 9.84 Å². The molecule has 0 radical (unpaired) electrons. The third-order valence-corrected chi connectivity index (χ3v) is 6.12. The van der Waals surface area contributed by atoms with E-state index in [1.807, 2.05) is 20.0 Å². The van der Waals surface area contributed by atoms with Crippen molar-refractivity contribution in [2.45, 2.75) is 80.4 Å². The number of nitrogens with zero attached hydrogens (tertiary/aromatic N) is 2. The fourth-order valence-electron chi connectivity index (χ4n) is 3.58. The molecule has 1 fully saturated rings. The minimum Gasteiger partial charge on any atom is -0.483 e.